The lowest BCUT2D eigenvalue weighted by atomic mass is 10.7. The lowest BCUT2D eigenvalue weighted by molar-refractivity contribution is 0.0440. The highest BCUT2D eigenvalue weighted by Gasteiger charge is 2.10. The van der Waals surface area contributed by atoms with Gasteiger partial charge in [0.1, 0.15) is 13.5 Å². The Kier molecular flexibility index (Phi) is 2.16. The Morgan fingerprint density at radius 1 is 1.80 bits per heavy atom. The molecule has 1 aliphatic heterocycles. The van der Waals surface area contributed by atoms with E-state index in [0.717, 1.165) is 0 Å². The molecule has 0 bridgehead atoms. The molecular weight excluding hydrogens is 136 g/mol. The molecule has 0 atom stereocenters. The first-order valence-electron chi connectivity index (χ1n) is 2.77. The van der Waals surface area contributed by atoms with Crippen molar-refractivity contribution in [3.8, 4) is 0 Å². The summed E-state index contributed by atoms with van der Waals surface area (Å²) in [5.74, 6) is 0.446. The van der Waals surface area contributed by atoms with E-state index in [1.54, 1.807) is 11.9 Å². The van der Waals surface area contributed by atoms with E-state index in [1.165, 1.54) is 0 Å². The van der Waals surface area contributed by atoms with Crippen LogP contribution in [0, 0.1) is 4.91 Å². The molecule has 56 valence electrons. The zero-order valence-electron chi connectivity index (χ0n) is 5.57. The summed E-state index contributed by atoms with van der Waals surface area (Å²) < 4.78 is 4.95. The molecule has 0 aliphatic carbocycles. The maximum absolute atomic E-state index is 9.67. The van der Waals surface area contributed by atoms with E-state index >= 15 is 0 Å². The summed E-state index contributed by atoms with van der Waals surface area (Å²) in [7, 11) is 1.75. The third kappa shape index (κ3) is 1.41. The average Bonchev–Trinajstić information content (AvgIpc) is 1.94. The Bertz CT molecular complexity index is 157. The summed E-state index contributed by atoms with van der Waals surface area (Å²) in [5.41, 5.74) is 0. The minimum absolute atomic E-state index is 0.374. The van der Waals surface area contributed by atoms with Crippen LogP contribution < -0.4 is 5.32 Å². The molecule has 0 radical (unpaired) electrons. The van der Waals surface area contributed by atoms with Crippen molar-refractivity contribution in [2.75, 3.05) is 20.5 Å². The fourth-order valence-electron chi connectivity index (χ4n) is 0.645. The molecule has 0 aromatic rings. The molecule has 0 spiro atoms. The van der Waals surface area contributed by atoms with Crippen molar-refractivity contribution >= 4 is 5.96 Å². The van der Waals surface area contributed by atoms with Crippen LogP contribution in [0.5, 0.6) is 0 Å². The third-order valence-electron chi connectivity index (χ3n) is 1.11. The van der Waals surface area contributed by atoms with Crippen LogP contribution in [-0.2, 0) is 4.74 Å². The van der Waals surface area contributed by atoms with Gasteiger partial charge in [0.15, 0.2) is 0 Å². The Morgan fingerprint density at radius 3 is 3.20 bits per heavy atom. The topological polar surface area (TPSA) is 66.3 Å². The molecule has 1 rings (SSSR count). The van der Waals surface area contributed by atoms with E-state index < -0.39 is 0 Å². The molecule has 0 aromatic carbocycles. The van der Waals surface area contributed by atoms with Crippen LogP contribution in [0.15, 0.2) is 10.4 Å². The number of guanidine groups is 1. The Hall–Kier alpha value is -1.17. The van der Waals surface area contributed by atoms with Crippen LogP contribution in [0.4, 0.5) is 0 Å². The number of rotatable bonds is 1. The zero-order chi connectivity index (χ0) is 7.40. The Labute approximate surface area is 57.8 Å². The van der Waals surface area contributed by atoms with Gasteiger partial charge in [-0.2, -0.15) is 0 Å². The predicted molar refractivity (Wildman–Crippen MR) is 34.9 cm³/mol. The SMILES string of the molecule is CN1COCN/C1=N/N=O. The zero-order valence-corrected chi connectivity index (χ0v) is 5.57. The van der Waals surface area contributed by atoms with E-state index in [1.807, 2.05) is 0 Å². The van der Waals surface area contributed by atoms with Crippen molar-refractivity contribution in [1.29, 1.82) is 0 Å². The first kappa shape index (κ1) is 6.94. The van der Waals surface area contributed by atoms with Gasteiger partial charge in [-0.1, -0.05) is 5.10 Å². The Morgan fingerprint density at radius 2 is 2.60 bits per heavy atom. The second-order valence-electron chi connectivity index (χ2n) is 1.86. The molecule has 1 fully saturated rings. The van der Waals surface area contributed by atoms with E-state index in [9.17, 15) is 4.91 Å². The van der Waals surface area contributed by atoms with E-state index in [4.69, 9.17) is 4.74 Å². The summed E-state index contributed by atoms with van der Waals surface area (Å²) in [6.07, 6.45) is 0. The Balaban J connectivity index is 2.55. The van der Waals surface area contributed by atoms with Gasteiger partial charge in [0.25, 0.3) is 0 Å². The second kappa shape index (κ2) is 3.11. The van der Waals surface area contributed by atoms with Crippen LogP contribution in [0.2, 0.25) is 0 Å². The lowest BCUT2D eigenvalue weighted by Gasteiger charge is -2.25. The molecule has 0 amide bonds. The van der Waals surface area contributed by atoms with Gasteiger partial charge < -0.3 is 15.0 Å². The van der Waals surface area contributed by atoms with Gasteiger partial charge in [-0.05, 0) is 0 Å². The largest absolute Gasteiger partial charge is 0.341 e. The molecular formula is C4H8N4O2. The van der Waals surface area contributed by atoms with Crippen molar-refractivity contribution in [2.45, 2.75) is 0 Å². The van der Waals surface area contributed by atoms with Gasteiger partial charge in [0, 0.05) is 7.05 Å². The number of hydrogen-bond donors (Lipinski definition) is 1. The smallest absolute Gasteiger partial charge is 0.225 e. The minimum Gasteiger partial charge on any atom is -0.341 e. The fraction of sp³-hybridized carbons (Fsp3) is 0.750. The van der Waals surface area contributed by atoms with Crippen molar-refractivity contribution in [3.63, 3.8) is 0 Å². The third-order valence-corrected chi connectivity index (χ3v) is 1.11. The first-order valence-corrected chi connectivity index (χ1v) is 2.77. The number of ether oxygens (including phenoxy) is 1. The number of nitroso groups, excluding NO2 is 1. The van der Waals surface area contributed by atoms with Crippen molar-refractivity contribution in [2.24, 2.45) is 10.4 Å². The van der Waals surface area contributed by atoms with Crippen LogP contribution in [0.25, 0.3) is 0 Å². The van der Waals surface area contributed by atoms with Crippen LogP contribution in [0.1, 0.15) is 0 Å². The molecule has 1 saturated heterocycles. The number of nitrogens with one attached hydrogen (secondary N) is 1. The highest BCUT2D eigenvalue weighted by atomic mass is 16.5. The van der Waals surface area contributed by atoms with E-state index in [0.29, 0.717) is 19.4 Å². The summed E-state index contributed by atoms with van der Waals surface area (Å²) >= 11 is 0. The average molecular weight is 144 g/mol. The predicted octanol–water partition coefficient (Wildman–Crippen LogP) is -0.510. The van der Waals surface area contributed by atoms with Gasteiger partial charge in [-0.3, -0.25) is 0 Å². The van der Waals surface area contributed by atoms with Gasteiger partial charge in [-0.25, -0.2) is 0 Å². The summed E-state index contributed by atoms with van der Waals surface area (Å²) in [6.45, 7) is 0.806. The molecule has 0 saturated carbocycles. The quantitative estimate of drug-likeness (QED) is 0.397. The molecule has 6 nitrogen and oxygen atoms in total. The first-order chi connectivity index (χ1) is 4.84. The minimum atomic E-state index is 0.374. The van der Waals surface area contributed by atoms with Gasteiger partial charge >= 0.3 is 0 Å². The molecule has 0 aromatic heterocycles. The second-order valence-corrected chi connectivity index (χ2v) is 1.86. The van der Waals surface area contributed by atoms with E-state index in [-0.39, 0.29) is 0 Å². The normalized spacial score (nSPS) is 22.5. The summed E-state index contributed by atoms with van der Waals surface area (Å²) in [4.78, 5) is 11.3. The van der Waals surface area contributed by atoms with Crippen molar-refractivity contribution < 1.29 is 4.74 Å². The molecule has 1 N–H and O–H groups in total. The fourth-order valence-corrected chi connectivity index (χ4v) is 0.645. The van der Waals surface area contributed by atoms with Crippen LogP contribution in [-0.4, -0.2) is 31.4 Å². The highest BCUT2D eigenvalue weighted by Crippen LogP contribution is 1.92. The maximum Gasteiger partial charge on any atom is 0.225 e. The van der Waals surface area contributed by atoms with Crippen molar-refractivity contribution in [3.05, 3.63) is 4.91 Å². The summed E-state index contributed by atoms with van der Waals surface area (Å²) in [6, 6.07) is 0. The van der Waals surface area contributed by atoms with Crippen LogP contribution in [0.3, 0.4) is 0 Å². The highest BCUT2D eigenvalue weighted by molar-refractivity contribution is 5.79. The maximum atomic E-state index is 9.67. The lowest BCUT2D eigenvalue weighted by Crippen LogP contribution is -2.46. The molecule has 6 heteroatoms. The molecule has 1 aliphatic rings. The van der Waals surface area contributed by atoms with E-state index in [2.05, 4.69) is 15.7 Å². The monoisotopic (exact) mass is 144 g/mol. The molecule has 1 heterocycles. The van der Waals surface area contributed by atoms with Crippen molar-refractivity contribution in [1.82, 2.24) is 10.2 Å². The number of nitrogens with zero attached hydrogens (tertiary/aromatic N) is 3. The summed E-state index contributed by atoms with van der Waals surface area (Å²) in [5, 5.41) is 8.40. The molecule has 0 unspecified atom stereocenters. The van der Waals surface area contributed by atoms with Gasteiger partial charge in [-0.15, -0.1) is 4.91 Å². The van der Waals surface area contributed by atoms with Gasteiger partial charge in [0.05, 0.1) is 5.29 Å². The van der Waals surface area contributed by atoms with Gasteiger partial charge in [0.2, 0.25) is 5.96 Å². The van der Waals surface area contributed by atoms with Crippen LogP contribution >= 0.6 is 0 Å². The molecule has 10 heavy (non-hydrogen) atoms. The number of hydrogen-bond acceptors (Lipinski definition) is 3. The standard InChI is InChI=1S/C4H8N4O2/c1-8-3-10-2-5-4(8)6-7-9/h2-3H2,1H3,(H,5,6,9).